The summed E-state index contributed by atoms with van der Waals surface area (Å²) in [7, 11) is 1.71. The summed E-state index contributed by atoms with van der Waals surface area (Å²) >= 11 is 1.87. The van der Waals surface area contributed by atoms with E-state index in [1.165, 1.54) is 17.7 Å². The Hall–Kier alpha value is -0.670. The standard InChI is InChI=1S/C14H23NOS/c1-4-6-12(2)15-9-10-17-14-8-5-7-13(11-14)16-3/h5,7-8,11-12,15H,4,6,9-10H2,1-3H3. The van der Waals surface area contributed by atoms with Crippen LogP contribution in [0.25, 0.3) is 0 Å². The fourth-order valence-corrected chi connectivity index (χ4v) is 2.53. The van der Waals surface area contributed by atoms with Crippen molar-refractivity contribution in [3.63, 3.8) is 0 Å². The summed E-state index contributed by atoms with van der Waals surface area (Å²) < 4.78 is 5.20. The first-order valence-electron chi connectivity index (χ1n) is 6.26. The summed E-state index contributed by atoms with van der Waals surface area (Å²) in [5.41, 5.74) is 0. The summed E-state index contributed by atoms with van der Waals surface area (Å²) in [6.45, 7) is 5.53. The number of thioether (sulfide) groups is 1. The minimum absolute atomic E-state index is 0.630. The molecule has 0 saturated heterocycles. The highest BCUT2D eigenvalue weighted by atomic mass is 32.2. The van der Waals surface area contributed by atoms with Gasteiger partial charge in [-0.1, -0.05) is 19.4 Å². The lowest BCUT2D eigenvalue weighted by Gasteiger charge is -2.12. The maximum atomic E-state index is 5.20. The normalized spacial score (nSPS) is 12.4. The van der Waals surface area contributed by atoms with Crippen LogP contribution in [0.3, 0.4) is 0 Å². The smallest absolute Gasteiger partial charge is 0.119 e. The van der Waals surface area contributed by atoms with Crippen LogP contribution in [-0.2, 0) is 0 Å². The zero-order valence-electron chi connectivity index (χ0n) is 11.0. The van der Waals surface area contributed by atoms with Crippen molar-refractivity contribution in [2.45, 2.75) is 37.6 Å². The van der Waals surface area contributed by atoms with Gasteiger partial charge in [0, 0.05) is 23.2 Å². The second-order valence-electron chi connectivity index (χ2n) is 4.17. The molecule has 0 fully saturated rings. The van der Waals surface area contributed by atoms with Gasteiger partial charge in [0.25, 0.3) is 0 Å². The topological polar surface area (TPSA) is 21.3 Å². The van der Waals surface area contributed by atoms with Gasteiger partial charge < -0.3 is 10.1 Å². The van der Waals surface area contributed by atoms with Crippen molar-refractivity contribution in [3.8, 4) is 5.75 Å². The average molecular weight is 253 g/mol. The van der Waals surface area contributed by atoms with Gasteiger partial charge in [0.1, 0.15) is 5.75 Å². The van der Waals surface area contributed by atoms with E-state index in [1.807, 2.05) is 23.9 Å². The molecule has 96 valence electrons. The number of nitrogens with one attached hydrogen (secondary N) is 1. The van der Waals surface area contributed by atoms with Gasteiger partial charge in [0.2, 0.25) is 0 Å². The molecular formula is C14H23NOS. The third kappa shape index (κ3) is 5.99. The third-order valence-corrected chi connectivity index (χ3v) is 3.62. The van der Waals surface area contributed by atoms with Crippen molar-refractivity contribution in [2.24, 2.45) is 0 Å². The van der Waals surface area contributed by atoms with Crippen molar-refractivity contribution in [1.29, 1.82) is 0 Å². The van der Waals surface area contributed by atoms with Crippen LogP contribution in [0.2, 0.25) is 0 Å². The molecule has 1 aromatic carbocycles. The van der Waals surface area contributed by atoms with Crippen molar-refractivity contribution < 1.29 is 4.74 Å². The monoisotopic (exact) mass is 253 g/mol. The number of methoxy groups -OCH3 is 1. The SMILES string of the molecule is CCCC(C)NCCSc1cccc(OC)c1. The second-order valence-corrected chi connectivity index (χ2v) is 5.34. The van der Waals surface area contributed by atoms with Crippen LogP contribution in [0.1, 0.15) is 26.7 Å². The van der Waals surface area contributed by atoms with Gasteiger partial charge >= 0.3 is 0 Å². The van der Waals surface area contributed by atoms with Crippen LogP contribution >= 0.6 is 11.8 Å². The molecular weight excluding hydrogens is 230 g/mol. The lowest BCUT2D eigenvalue weighted by atomic mass is 10.2. The number of hydrogen-bond acceptors (Lipinski definition) is 3. The molecule has 1 atom stereocenters. The molecule has 2 nitrogen and oxygen atoms in total. The van der Waals surface area contributed by atoms with E-state index < -0.39 is 0 Å². The number of benzene rings is 1. The Bertz CT molecular complexity index is 317. The number of ether oxygens (including phenoxy) is 1. The summed E-state index contributed by atoms with van der Waals surface area (Å²) in [4.78, 5) is 1.27. The third-order valence-electron chi connectivity index (χ3n) is 2.63. The van der Waals surface area contributed by atoms with Gasteiger partial charge in [-0.25, -0.2) is 0 Å². The molecule has 0 aliphatic rings. The second kappa shape index (κ2) is 8.43. The van der Waals surface area contributed by atoms with E-state index in [1.54, 1.807) is 7.11 Å². The highest BCUT2D eigenvalue weighted by Crippen LogP contribution is 2.22. The molecule has 1 rings (SSSR count). The zero-order valence-corrected chi connectivity index (χ0v) is 11.8. The summed E-state index contributed by atoms with van der Waals surface area (Å²) in [6.07, 6.45) is 2.50. The van der Waals surface area contributed by atoms with Crippen molar-refractivity contribution in [1.82, 2.24) is 5.32 Å². The summed E-state index contributed by atoms with van der Waals surface area (Å²) in [6, 6.07) is 8.86. The lowest BCUT2D eigenvalue weighted by Crippen LogP contribution is -2.27. The average Bonchev–Trinajstić information content (AvgIpc) is 2.35. The van der Waals surface area contributed by atoms with Crippen LogP contribution < -0.4 is 10.1 Å². The van der Waals surface area contributed by atoms with Crippen LogP contribution in [-0.4, -0.2) is 25.4 Å². The maximum Gasteiger partial charge on any atom is 0.119 e. The van der Waals surface area contributed by atoms with E-state index in [-0.39, 0.29) is 0 Å². The van der Waals surface area contributed by atoms with E-state index in [0.717, 1.165) is 18.0 Å². The van der Waals surface area contributed by atoms with Gasteiger partial charge in [-0.2, -0.15) is 0 Å². The fourth-order valence-electron chi connectivity index (χ4n) is 1.70. The van der Waals surface area contributed by atoms with Gasteiger partial charge in [0.15, 0.2) is 0 Å². The van der Waals surface area contributed by atoms with E-state index in [4.69, 9.17) is 4.74 Å². The Morgan fingerprint density at radius 1 is 1.41 bits per heavy atom. The Morgan fingerprint density at radius 2 is 2.24 bits per heavy atom. The lowest BCUT2D eigenvalue weighted by molar-refractivity contribution is 0.413. The van der Waals surface area contributed by atoms with E-state index in [9.17, 15) is 0 Å². The summed E-state index contributed by atoms with van der Waals surface area (Å²) in [5, 5.41) is 3.53. The molecule has 0 spiro atoms. The fraction of sp³-hybridized carbons (Fsp3) is 0.571. The predicted octanol–water partition coefficient (Wildman–Crippen LogP) is 3.57. The Balaban J connectivity index is 2.21. The first-order chi connectivity index (χ1) is 8.26. The molecule has 17 heavy (non-hydrogen) atoms. The van der Waals surface area contributed by atoms with Gasteiger partial charge in [0.05, 0.1) is 7.11 Å². The molecule has 3 heteroatoms. The van der Waals surface area contributed by atoms with E-state index in [2.05, 4.69) is 31.3 Å². The van der Waals surface area contributed by atoms with E-state index in [0.29, 0.717) is 6.04 Å². The summed E-state index contributed by atoms with van der Waals surface area (Å²) in [5.74, 6) is 2.03. The van der Waals surface area contributed by atoms with Crippen molar-refractivity contribution >= 4 is 11.8 Å². The highest BCUT2D eigenvalue weighted by molar-refractivity contribution is 7.99. The van der Waals surface area contributed by atoms with Crippen molar-refractivity contribution in [3.05, 3.63) is 24.3 Å². The molecule has 0 bridgehead atoms. The maximum absolute atomic E-state index is 5.20. The van der Waals surface area contributed by atoms with Crippen LogP contribution in [0, 0.1) is 0 Å². The molecule has 1 unspecified atom stereocenters. The zero-order chi connectivity index (χ0) is 12.5. The Kier molecular flexibility index (Phi) is 7.13. The highest BCUT2D eigenvalue weighted by Gasteiger charge is 2.00. The van der Waals surface area contributed by atoms with Gasteiger partial charge in [-0.3, -0.25) is 0 Å². The molecule has 0 saturated carbocycles. The molecule has 0 heterocycles. The minimum Gasteiger partial charge on any atom is -0.497 e. The van der Waals surface area contributed by atoms with Crippen LogP contribution in [0.5, 0.6) is 5.75 Å². The largest absolute Gasteiger partial charge is 0.497 e. The van der Waals surface area contributed by atoms with Gasteiger partial charge in [-0.05, 0) is 31.5 Å². The molecule has 0 aromatic heterocycles. The Labute approximate surface area is 109 Å². The first-order valence-corrected chi connectivity index (χ1v) is 7.25. The number of hydrogen-bond donors (Lipinski definition) is 1. The number of rotatable bonds is 8. The van der Waals surface area contributed by atoms with Crippen LogP contribution in [0.15, 0.2) is 29.2 Å². The van der Waals surface area contributed by atoms with Gasteiger partial charge in [-0.15, -0.1) is 11.8 Å². The predicted molar refractivity (Wildman–Crippen MR) is 76.1 cm³/mol. The first kappa shape index (κ1) is 14.4. The van der Waals surface area contributed by atoms with Crippen LogP contribution in [0.4, 0.5) is 0 Å². The molecule has 0 aliphatic carbocycles. The molecule has 0 aliphatic heterocycles. The molecule has 0 amide bonds. The molecule has 1 aromatic rings. The molecule has 1 N–H and O–H groups in total. The Morgan fingerprint density at radius 3 is 2.94 bits per heavy atom. The quantitative estimate of drug-likeness (QED) is 0.565. The molecule has 0 radical (unpaired) electrons. The van der Waals surface area contributed by atoms with E-state index >= 15 is 0 Å². The van der Waals surface area contributed by atoms with Crippen molar-refractivity contribution in [2.75, 3.05) is 19.4 Å². The minimum atomic E-state index is 0.630.